The van der Waals surface area contributed by atoms with Crippen LogP contribution in [0.5, 0.6) is 5.75 Å². The molecule has 0 saturated carbocycles. The van der Waals surface area contributed by atoms with Gasteiger partial charge < -0.3 is 19.4 Å². The maximum absolute atomic E-state index is 12.5. The summed E-state index contributed by atoms with van der Waals surface area (Å²) < 4.78 is 10.3. The Balaban J connectivity index is 2.31. The van der Waals surface area contributed by atoms with Crippen LogP contribution in [-0.4, -0.2) is 37.1 Å². The van der Waals surface area contributed by atoms with Crippen LogP contribution < -0.4 is 0 Å². The maximum Gasteiger partial charge on any atom is 0.338 e. The van der Waals surface area contributed by atoms with E-state index >= 15 is 0 Å². The minimum absolute atomic E-state index is 0.0278. The Morgan fingerprint density at radius 1 is 1.13 bits per heavy atom. The molecule has 0 amide bonds. The molecule has 0 radical (unpaired) electrons. The van der Waals surface area contributed by atoms with Crippen LogP contribution in [0.2, 0.25) is 0 Å². The molecule has 2 aromatic carbocycles. The molecule has 30 heavy (non-hydrogen) atoms. The summed E-state index contributed by atoms with van der Waals surface area (Å²) in [7, 11) is 3.00. The topological polar surface area (TPSA) is 77.4 Å². The molecular weight excluding hydrogens is 382 g/mol. The summed E-state index contributed by atoms with van der Waals surface area (Å²) in [4.78, 5) is 18.0. The highest BCUT2D eigenvalue weighted by molar-refractivity contribution is 6.16. The molecule has 1 N–H and O–H groups in total. The van der Waals surface area contributed by atoms with E-state index in [2.05, 4.69) is 5.16 Å². The number of hydrogen-bond donors (Lipinski definition) is 1. The number of hydrogen-bond acceptors (Lipinski definition) is 6. The molecular formula is C24H29NO5. The second-order valence-corrected chi connectivity index (χ2v) is 6.96. The molecule has 6 nitrogen and oxygen atoms in total. The second kappa shape index (κ2) is 11.2. The smallest absolute Gasteiger partial charge is 0.338 e. The van der Waals surface area contributed by atoms with Gasteiger partial charge in [-0.3, -0.25) is 0 Å². The molecule has 1 atom stereocenters. The van der Waals surface area contributed by atoms with Crippen molar-refractivity contribution in [2.45, 2.75) is 39.9 Å². The summed E-state index contributed by atoms with van der Waals surface area (Å²) >= 11 is 0. The molecule has 0 saturated heterocycles. The predicted molar refractivity (Wildman–Crippen MR) is 117 cm³/mol. The fourth-order valence-corrected chi connectivity index (χ4v) is 2.96. The summed E-state index contributed by atoms with van der Waals surface area (Å²) in [5.74, 6) is -0.277. The Labute approximate surface area is 177 Å². The zero-order chi connectivity index (χ0) is 22.1. The molecule has 0 aliphatic rings. The van der Waals surface area contributed by atoms with Gasteiger partial charge in [-0.1, -0.05) is 41.6 Å². The Morgan fingerprint density at radius 3 is 2.50 bits per heavy atom. The zero-order valence-electron chi connectivity index (χ0n) is 18.1. The molecule has 0 aliphatic heterocycles. The van der Waals surface area contributed by atoms with Gasteiger partial charge in [0.1, 0.15) is 12.4 Å². The van der Waals surface area contributed by atoms with Gasteiger partial charge in [-0.05, 0) is 50.5 Å². The van der Waals surface area contributed by atoms with E-state index < -0.39 is 5.97 Å². The van der Waals surface area contributed by atoms with Crippen LogP contribution in [0.1, 0.15) is 42.5 Å². The third-order valence-corrected chi connectivity index (χ3v) is 4.87. The van der Waals surface area contributed by atoms with Gasteiger partial charge in [0.2, 0.25) is 0 Å². The van der Waals surface area contributed by atoms with Crippen LogP contribution in [0.25, 0.3) is 5.57 Å². The molecule has 0 aromatic heterocycles. The average molecular weight is 411 g/mol. The number of esters is 1. The lowest BCUT2D eigenvalue weighted by Crippen LogP contribution is -2.10. The van der Waals surface area contributed by atoms with E-state index in [4.69, 9.17) is 14.3 Å². The molecule has 0 aliphatic carbocycles. The SMILES string of the molecule is COC(=O)/C(=C\C[C@@H](C)OC)c1cccc(C)c1CO/N=C(\C)c1ccccc1O. The fraction of sp³-hybridized carbons (Fsp3) is 0.333. The minimum atomic E-state index is -0.418. The number of oxime groups is 1. The molecule has 0 spiro atoms. The highest BCUT2D eigenvalue weighted by atomic mass is 16.6. The lowest BCUT2D eigenvalue weighted by molar-refractivity contribution is -0.133. The number of aromatic hydroxyl groups is 1. The van der Waals surface area contributed by atoms with E-state index in [-0.39, 0.29) is 18.5 Å². The van der Waals surface area contributed by atoms with Gasteiger partial charge in [0.25, 0.3) is 0 Å². The standard InChI is InChI=1S/C24H29NO5/c1-16-9-8-11-20(21(24(27)29-5)14-13-17(2)28-4)22(16)15-30-25-18(3)19-10-6-7-12-23(19)26/h6-12,14,17,26H,13,15H2,1-5H3/b21-14-,25-18+/t17-/m1/s1. The number of phenols is 1. The van der Waals surface area contributed by atoms with Crippen molar-refractivity contribution >= 4 is 17.3 Å². The number of rotatable bonds is 9. The van der Waals surface area contributed by atoms with Gasteiger partial charge >= 0.3 is 5.97 Å². The van der Waals surface area contributed by atoms with Gasteiger partial charge in [0.05, 0.1) is 24.5 Å². The normalized spacial score (nSPS) is 13.1. The van der Waals surface area contributed by atoms with Gasteiger partial charge in [-0.2, -0.15) is 0 Å². The van der Waals surface area contributed by atoms with E-state index in [1.165, 1.54) is 7.11 Å². The van der Waals surface area contributed by atoms with Crippen LogP contribution in [0, 0.1) is 6.92 Å². The number of aryl methyl sites for hydroxylation is 1. The highest BCUT2D eigenvalue weighted by Crippen LogP contribution is 2.26. The number of phenolic OH excluding ortho intramolecular Hbond substituents is 1. The van der Waals surface area contributed by atoms with Crippen molar-refractivity contribution in [2.75, 3.05) is 14.2 Å². The van der Waals surface area contributed by atoms with Crippen LogP contribution in [-0.2, 0) is 25.7 Å². The van der Waals surface area contributed by atoms with Crippen LogP contribution in [0.15, 0.2) is 53.7 Å². The number of methoxy groups -OCH3 is 2. The van der Waals surface area contributed by atoms with Gasteiger partial charge in [0, 0.05) is 18.2 Å². The lowest BCUT2D eigenvalue weighted by atomic mass is 9.95. The summed E-state index contributed by atoms with van der Waals surface area (Å²) in [5, 5.41) is 14.1. The van der Waals surface area contributed by atoms with E-state index in [1.807, 2.05) is 44.2 Å². The maximum atomic E-state index is 12.5. The average Bonchev–Trinajstić information content (AvgIpc) is 2.75. The number of carbonyl (C=O) groups excluding carboxylic acids is 1. The predicted octanol–water partition coefficient (Wildman–Crippen LogP) is 4.62. The first-order chi connectivity index (χ1) is 14.4. The molecule has 2 aromatic rings. The fourth-order valence-electron chi connectivity index (χ4n) is 2.96. The highest BCUT2D eigenvalue weighted by Gasteiger charge is 2.18. The summed E-state index contributed by atoms with van der Waals surface area (Å²) in [6, 6.07) is 12.6. The minimum Gasteiger partial charge on any atom is -0.507 e. The first-order valence-electron chi connectivity index (χ1n) is 9.74. The van der Waals surface area contributed by atoms with Crippen LogP contribution in [0.4, 0.5) is 0 Å². The van der Waals surface area contributed by atoms with Crippen LogP contribution in [0.3, 0.4) is 0 Å². The van der Waals surface area contributed by atoms with Gasteiger partial charge in [-0.15, -0.1) is 0 Å². The second-order valence-electron chi connectivity index (χ2n) is 6.96. The third kappa shape index (κ3) is 5.94. The molecule has 0 bridgehead atoms. The number of ether oxygens (including phenoxy) is 2. The Morgan fingerprint density at radius 2 is 1.83 bits per heavy atom. The summed E-state index contributed by atoms with van der Waals surface area (Å²) in [6.07, 6.45) is 2.37. The molecule has 160 valence electrons. The van der Waals surface area contributed by atoms with E-state index in [1.54, 1.807) is 32.2 Å². The Kier molecular flexibility index (Phi) is 8.62. The Hall–Kier alpha value is -3.12. The van der Waals surface area contributed by atoms with Gasteiger partial charge in [-0.25, -0.2) is 4.79 Å². The van der Waals surface area contributed by atoms with Crippen molar-refractivity contribution in [3.05, 3.63) is 70.8 Å². The van der Waals surface area contributed by atoms with Gasteiger partial charge in [0.15, 0.2) is 0 Å². The molecule has 0 heterocycles. The van der Waals surface area contributed by atoms with E-state index in [9.17, 15) is 9.90 Å². The molecule has 0 unspecified atom stereocenters. The largest absolute Gasteiger partial charge is 0.507 e. The van der Waals surface area contributed by atoms with Crippen molar-refractivity contribution in [1.82, 2.24) is 0 Å². The van der Waals surface area contributed by atoms with Crippen molar-refractivity contribution in [3.8, 4) is 5.75 Å². The summed E-state index contributed by atoms with van der Waals surface area (Å²) in [6.45, 7) is 5.82. The zero-order valence-corrected chi connectivity index (χ0v) is 18.1. The third-order valence-electron chi connectivity index (χ3n) is 4.87. The number of nitrogens with zero attached hydrogens (tertiary/aromatic N) is 1. The molecule has 0 fully saturated rings. The first kappa shape index (κ1) is 23.2. The monoisotopic (exact) mass is 411 g/mol. The molecule has 6 heteroatoms. The number of carbonyl (C=O) groups is 1. The summed E-state index contributed by atoms with van der Waals surface area (Å²) in [5.41, 5.74) is 4.17. The van der Waals surface area contributed by atoms with Crippen molar-refractivity contribution in [2.24, 2.45) is 5.16 Å². The van der Waals surface area contributed by atoms with Crippen molar-refractivity contribution < 1.29 is 24.2 Å². The van der Waals surface area contributed by atoms with E-state index in [0.717, 1.165) is 16.7 Å². The van der Waals surface area contributed by atoms with Crippen LogP contribution >= 0.6 is 0 Å². The van der Waals surface area contributed by atoms with Crippen molar-refractivity contribution in [3.63, 3.8) is 0 Å². The molecule has 2 rings (SSSR count). The Bertz CT molecular complexity index is 933. The van der Waals surface area contributed by atoms with Crippen molar-refractivity contribution in [1.29, 1.82) is 0 Å². The first-order valence-corrected chi connectivity index (χ1v) is 9.74. The van der Waals surface area contributed by atoms with E-state index in [0.29, 0.717) is 23.3 Å². The number of para-hydroxylation sites is 1. The lowest BCUT2D eigenvalue weighted by Gasteiger charge is -2.15. The number of benzene rings is 2. The quantitative estimate of drug-likeness (QED) is 0.282.